The minimum absolute atomic E-state index is 0.224. The largest absolute Gasteiger partial charge is 0.207 e. The van der Waals surface area contributed by atoms with Crippen LogP contribution in [0.5, 0.6) is 0 Å². The smallest absolute Gasteiger partial charge is 0.123 e. The Balaban J connectivity index is 1.63. The van der Waals surface area contributed by atoms with Crippen molar-refractivity contribution in [3.8, 4) is 30.6 Å². The molecule has 2 aromatic carbocycles. The van der Waals surface area contributed by atoms with Gasteiger partial charge in [-0.1, -0.05) is 24.3 Å². The highest BCUT2D eigenvalue weighted by atomic mass is 32.1. The minimum atomic E-state index is -0.224. The summed E-state index contributed by atoms with van der Waals surface area (Å²) in [6.45, 7) is 0. The molecule has 0 fully saturated rings. The molecule has 0 aliphatic carbocycles. The van der Waals surface area contributed by atoms with Gasteiger partial charge in [0.2, 0.25) is 0 Å². The van der Waals surface area contributed by atoms with Gasteiger partial charge in [0.15, 0.2) is 0 Å². The van der Waals surface area contributed by atoms with Gasteiger partial charge in [-0.25, -0.2) is 8.78 Å². The molecule has 0 spiro atoms. The number of benzene rings is 2. The molecule has 0 amide bonds. The van der Waals surface area contributed by atoms with E-state index in [0.717, 1.165) is 20.9 Å². The summed E-state index contributed by atoms with van der Waals surface area (Å²) in [4.78, 5) is 4.57. The van der Waals surface area contributed by atoms with E-state index in [-0.39, 0.29) is 11.6 Å². The van der Waals surface area contributed by atoms with Gasteiger partial charge in [-0.05, 0) is 59.7 Å². The normalized spacial score (nSPS) is 10.9. The molecule has 0 nitrogen and oxygen atoms in total. The second-order valence-corrected chi connectivity index (χ2v) is 7.51. The van der Waals surface area contributed by atoms with E-state index in [2.05, 4.69) is 24.3 Å². The SMILES string of the molecule is Fc1ccc(-c2ccc(-c3ccc(-c4ccc(F)cc4)s3)s2)cc1. The van der Waals surface area contributed by atoms with Gasteiger partial charge in [0.05, 0.1) is 0 Å². The highest BCUT2D eigenvalue weighted by molar-refractivity contribution is 7.25. The summed E-state index contributed by atoms with van der Waals surface area (Å²) >= 11 is 3.37. The molecule has 4 heteroatoms. The van der Waals surface area contributed by atoms with E-state index in [4.69, 9.17) is 0 Å². The summed E-state index contributed by atoms with van der Waals surface area (Å²) < 4.78 is 26.1. The zero-order valence-electron chi connectivity index (χ0n) is 12.5. The van der Waals surface area contributed by atoms with Crippen molar-refractivity contribution in [1.29, 1.82) is 0 Å². The van der Waals surface area contributed by atoms with E-state index in [1.54, 1.807) is 46.9 Å². The van der Waals surface area contributed by atoms with Crippen LogP contribution in [0.4, 0.5) is 8.78 Å². The maximum atomic E-state index is 13.0. The molecule has 0 N–H and O–H groups in total. The monoisotopic (exact) mass is 354 g/mol. The van der Waals surface area contributed by atoms with Crippen LogP contribution < -0.4 is 0 Å². The molecule has 24 heavy (non-hydrogen) atoms. The average molecular weight is 354 g/mol. The first kappa shape index (κ1) is 15.2. The van der Waals surface area contributed by atoms with Gasteiger partial charge in [-0.3, -0.25) is 0 Å². The maximum absolute atomic E-state index is 13.0. The van der Waals surface area contributed by atoms with Crippen molar-refractivity contribution < 1.29 is 8.78 Å². The van der Waals surface area contributed by atoms with E-state index in [1.165, 1.54) is 34.0 Å². The summed E-state index contributed by atoms with van der Waals surface area (Å²) in [5.74, 6) is -0.449. The molecule has 0 unspecified atom stereocenters. The summed E-state index contributed by atoms with van der Waals surface area (Å²) in [5.41, 5.74) is 2.03. The van der Waals surface area contributed by atoms with E-state index in [1.807, 2.05) is 0 Å². The quantitative estimate of drug-likeness (QED) is 0.368. The van der Waals surface area contributed by atoms with Crippen LogP contribution in [0.3, 0.4) is 0 Å². The van der Waals surface area contributed by atoms with Crippen LogP contribution in [-0.4, -0.2) is 0 Å². The third-order valence-electron chi connectivity index (χ3n) is 3.71. The Bertz CT molecular complexity index is 882. The van der Waals surface area contributed by atoms with Crippen molar-refractivity contribution in [2.45, 2.75) is 0 Å². The highest BCUT2D eigenvalue weighted by Crippen LogP contribution is 2.40. The second kappa shape index (κ2) is 6.30. The van der Waals surface area contributed by atoms with Crippen molar-refractivity contribution in [2.75, 3.05) is 0 Å². The molecule has 0 aliphatic rings. The molecule has 2 aromatic heterocycles. The van der Waals surface area contributed by atoms with Crippen molar-refractivity contribution >= 4 is 22.7 Å². The Morgan fingerprint density at radius 1 is 0.417 bits per heavy atom. The van der Waals surface area contributed by atoms with E-state index < -0.39 is 0 Å². The van der Waals surface area contributed by atoms with Crippen molar-refractivity contribution in [3.63, 3.8) is 0 Å². The molecule has 118 valence electrons. The lowest BCUT2D eigenvalue weighted by molar-refractivity contribution is 0.627. The lowest BCUT2D eigenvalue weighted by Gasteiger charge is -1.97. The van der Waals surface area contributed by atoms with E-state index >= 15 is 0 Å². The molecular formula is C20H12F2S2. The molecule has 4 rings (SSSR count). The Hall–Kier alpha value is -2.30. The fourth-order valence-electron chi connectivity index (χ4n) is 2.48. The standard InChI is InChI=1S/C20H12F2S2/c21-15-5-1-13(2-6-15)17-9-11-19(23-17)20-12-10-18(24-20)14-3-7-16(22)8-4-14/h1-12H. The predicted molar refractivity (Wildman–Crippen MR) is 98.4 cm³/mol. The van der Waals surface area contributed by atoms with Crippen LogP contribution in [-0.2, 0) is 0 Å². The third kappa shape index (κ3) is 3.03. The minimum Gasteiger partial charge on any atom is -0.207 e. The molecule has 0 aliphatic heterocycles. The molecule has 4 aromatic rings. The lowest BCUT2D eigenvalue weighted by Crippen LogP contribution is -1.73. The lowest BCUT2D eigenvalue weighted by atomic mass is 10.2. The summed E-state index contributed by atoms with van der Waals surface area (Å²) in [6.07, 6.45) is 0. The molecule has 2 heterocycles. The number of thiophene rings is 2. The average Bonchev–Trinajstić information content (AvgIpc) is 3.25. The number of hydrogen-bond donors (Lipinski definition) is 0. The Labute approximate surface area is 146 Å². The van der Waals surface area contributed by atoms with Gasteiger partial charge in [-0.15, -0.1) is 22.7 Å². The van der Waals surface area contributed by atoms with Gasteiger partial charge >= 0.3 is 0 Å². The van der Waals surface area contributed by atoms with Crippen molar-refractivity contribution in [1.82, 2.24) is 0 Å². The first-order valence-electron chi connectivity index (χ1n) is 7.41. The van der Waals surface area contributed by atoms with Gasteiger partial charge in [-0.2, -0.15) is 0 Å². The topological polar surface area (TPSA) is 0 Å². The number of rotatable bonds is 3. The Morgan fingerprint density at radius 2 is 0.750 bits per heavy atom. The zero-order valence-corrected chi connectivity index (χ0v) is 14.1. The van der Waals surface area contributed by atoms with Crippen LogP contribution in [0.25, 0.3) is 30.6 Å². The van der Waals surface area contributed by atoms with E-state index in [0.29, 0.717) is 0 Å². The molecule has 0 saturated carbocycles. The predicted octanol–water partition coefficient (Wildman–Crippen LogP) is 7.09. The maximum Gasteiger partial charge on any atom is 0.123 e. The van der Waals surface area contributed by atoms with Crippen LogP contribution in [0, 0.1) is 11.6 Å². The van der Waals surface area contributed by atoms with Gasteiger partial charge < -0.3 is 0 Å². The Morgan fingerprint density at radius 3 is 1.12 bits per heavy atom. The summed E-state index contributed by atoms with van der Waals surface area (Å²) in [6, 6.07) is 21.4. The van der Waals surface area contributed by atoms with Crippen LogP contribution in [0.2, 0.25) is 0 Å². The molecule has 0 radical (unpaired) electrons. The number of hydrogen-bond acceptors (Lipinski definition) is 2. The summed E-state index contributed by atoms with van der Waals surface area (Å²) in [5, 5.41) is 0. The second-order valence-electron chi connectivity index (χ2n) is 5.34. The molecular weight excluding hydrogens is 342 g/mol. The zero-order chi connectivity index (χ0) is 16.5. The third-order valence-corrected chi connectivity index (χ3v) is 6.18. The molecule has 0 bridgehead atoms. The van der Waals surface area contributed by atoms with Gasteiger partial charge in [0.1, 0.15) is 11.6 Å². The first-order chi connectivity index (χ1) is 11.7. The fourth-order valence-corrected chi connectivity index (χ4v) is 4.59. The van der Waals surface area contributed by atoms with Crippen LogP contribution in [0.1, 0.15) is 0 Å². The van der Waals surface area contributed by atoms with Crippen molar-refractivity contribution in [2.24, 2.45) is 0 Å². The highest BCUT2D eigenvalue weighted by Gasteiger charge is 2.09. The van der Waals surface area contributed by atoms with Crippen LogP contribution >= 0.6 is 22.7 Å². The van der Waals surface area contributed by atoms with Crippen molar-refractivity contribution in [3.05, 3.63) is 84.4 Å². The van der Waals surface area contributed by atoms with Gasteiger partial charge in [0.25, 0.3) is 0 Å². The fraction of sp³-hybridized carbons (Fsp3) is 0. The number of halogens is 2. The molecule has 0 saturated heterocycles. The van der Waals surface area contributed by atoms with E-state index in [9.17, 15) is 8.78 Å². The van der Waals surface area contributed by atoms with Crippen LogP contribution in [0.15, 0.2) is 72.8 Å². The Kier molecular flexibility index (Phi) is 4.00. The summed E-state index contributed by atoms with van der Waals surface area (Å²) in [7, 11) is 0. The first-order valence-corrected chi connectivity index (χ1v) is 9.04. The molecule has 0 atom stereocenters. The van der Waals surface area contributed by atoms with Gasteiger partial charge in [0, 0.05) is 19.5 Å².